The van der Waals surface area contributed by atoms with Gasteiger partial charge in [0.25, 0.3) is 0 Å². The molecule has 0 fully saturated rings. The van der Waals surface area contributed by atoms with Crippen molar-refractivity contribution in [2.45, 2.75) is 46.0 Å². The fraction of sp³-hybridized carbons (Fsp3) is 0.692. The van der Waals surface area contributed by atoms with E-state index < -0.39 is 0 Å². The molecule has 0 saturated heterocycles. The number of hydrogen-bond acceptors (Lipinski definition) is 1. The molecule has 0 saturated carbocycles. The zero-order chi connectivity index (χ0) is 10.6. The van der Waals surface area contributed by atoms with Crippen molar-refractivity contribution in [2.75, 3.05) is 6.61 Å². The lowest BCUT2D eigenvalue weighted by atomic mass is 9.68. The SMILES string of the molecule is C=CC[C@]1(CCO)CCC(C)=C(C)C1. The number of allylic oxidation sites excluding steroid dienone is 3. The minimum atomic E-state index is 0.306. The summed E-state index contributed by atoms with van der Waals surface area (Å²) in [7, 11) is 0. The maximum absolute atomic E-state index is 9.11. The largest absolute Gasteiger partial charge is 0.396 e. The summed E-state index contributed by atoms with van der Waals surface area (Å²) in [6.07, 6.45) is 7.51. The van der Waals surface area contributed by atoms with Crippen molar-refractivity contribution in [1.29, 1.82) is 0 Å². The minimum absolute atomic E-state index is 0.306. The fourth-order valence-electron chi connectivity index (χ4n) is 2.50. The van der Waals surface area contributed by atoms with E-state index in [0.717, 1.165) is 19.3 Å². The Hall–Kier alpha value is -0.560. The molecule has 1 rings (SSSR count). The molecular weight excluding hydrogens is 172 g/mol. The van der Waals surface area contributed by atoms with E-state index in [9.17, 15) is 0 Å². The van der Waals surface area contributed by atoms with Crippen LogP contribution >= 0.6 is 0 Å². The van der Waals surface area contributed by atoms with Crippen molar-refractivity contribution in [3.63, 3.8) is 0 Å². The van der Waals surface area contributed by atoms with Crippen LogP contribution in [0.25, 0.3) is 0 Å². The van der Waals surface area contributed by atoms with Crippen LogP contribution in [0.3, 0.4) is 0 Å². The predicted molar refractivity (Wildman–Crippen MR) is 61.2 cm³/mol. The third kappa shape index (κ3) is 2.48. The highest BCUT2D eigenvalue weighted by molar-refractivity contribution is 5.17. The molecule has 0 aromatic rings. The van der Waals surface area contributed by atoms with E-state index in [4.69, 9.17) is 5.11 Å². The van der Waals surface area contributed by atoms with E-state index in [-0.39, 0.29) is 0 Å². The monoisotopic (exact) mass is 194 g/mol. The summed E-state index contributed by atoms with van der Waals surface area (Å²) in [5.41, 5.74) is 3.37. The lowest BCUT2D eigenvalue weighted by Crippen LogP contribution is -2.25. The summed E-state index contributed by atoms with van der Waals surface area (Å²) in [6.45, 7) is 8.59. The van der Waals surface area contributed by atoms with Gasteiger partial charge < -0.3 is 5.11 Å². The average Bonchev–Trinajstić information content (AvgIpc) is 2.13. The zero-order valence-corrected chi connectivity index (χ0v) is 9.47. The third-order valence-electron chi connectivity index (χ3n) is 3.62. The van der Waals surface area contributed by atoms with Gasteiger partial charge in [0.2, 0.25) is 0 Å². The predicted octanol–water partition coefficient (Wildman–Crippen LogP) is 3.45. The van der Waals surface area contributed by atoms with Crippen LogP contribution in [0.15, 0.2) is 23.8 Å². The smallest absolute Gasteiger partial charge is 0.0436 e. The molecule has 0 radical (unpaired) electrons. The molecule has 1 N–H and O–H groups in total. The van der Waals surface area contributed by atoms with Crippen molar-refractivity contribution in [1.82, 2.24) is 0 Å². The van der Waals surface area contributed by atoms with Crippen molar-refractivity contribution in [3.05, 3.63) is 23.8 Å². The quantitative estimate of drug-likeness (QED) is 0.680. The first-order valence-electron chi connectivity index (χ1n) is 5.50. The second-order valence-corrected chi connectivity index (χ2v) is 4.70. The molecule has 1 heteroatoms. The van der Waals surface area contributed by atoms with Gasteiger partial charge in [0.1, 0.15) is 0 Å². The van der Waals surface area contributed by atoms with Crippen LogP contribution in [0.1, 0.15) is 46.0 Å². The van der Waals surface area contributed by atoms with Gasteiger partial charge in [0, 0.05) is 6.61 Å². The molecule has 1 nitrogen and oxygen atoms in total. The summed E-state index contributed by atoms with van der Waals surface area (Å²) in [5, 5.41) is 9.11. The molecule has 14 heavy (non-hydrogen) atoms. The lowest BCUT2D eigenvalue weighted by Gasteiger charge is -2.37. The number of rotatable bonds is 4. The van der Waals surface area contributed by atoms with Crippen molar-refractivity contribution < 1.29 is 5.11 Å². The molecule has 1 aliphatic carbocycles. The van der Waals surface area contributed by atoms with Gasteiger partial charge in [0.15, 0.2) is 0 Å². The van der Waals surface area contributed by atoms with Crippen LogP contribution in [0.4, 0.5) is 0 Å². The molecule has 80 valence electrons. The standard InChI is InChI=1S/C13H22O/c1-4-6-13(8-9-14)7-5-11(2)12(3)10-13/h4,14H,1,5-10H2,2-3H3/t13-/m1/s1. The van der Waals surface area contributed by atoms with E-state index in [1.54, 1.807) is 5.57 Å². The average molecular weight is 194 g/mol. The Labute approximate surface area is 87.5 Å². The van der Waals surface area contributed by atoms with Crippen LogP contribution in [0, 0.1) is 5.41 Å². The first kappa shape index (κ1) is 11.5. The van der Waals surface area contributed by atoms with Crippen LogP contribution in [0.2, 0.25) is 0 Å². The highest BCUT2D eigenvalue weighted by Gasteiger charge is 2.31. The van der Waals surface area contributed by atoms with Gasteiger partial charge >= 0.3 is 0 Å². The Kier molecular flexibility index (Phi) is 3.94. The van der Waals surface area contributed by atoms with E-state index in [0.29, 0.717) is 12.0 Å². The van der Waals surface area contributed by atoms with E-state index in [2.05, 4.69) is 20.4 Å². The normalized spacial score (nSPS) is 27.9. The van der Waals surface area contributed by atoms with Gasteiger partial charge in [-0.1, -0.05) is 17.2 Å². The highest BCUT2D eigenvalue weighted by Crippen LogP contribution is 2.44. The molecule has 0 bridgehead atoms. The number of aliphatic hydroxyl groups excluding tert-OH is 1. The Morgan fingerprint density at radius 3 is 2.64 bits per heavy atom. The van der Waals surface area contributed by atoms with E-state index >= 15 is 0 Å². The summed E-state index contributed by atoms with van der Waals surface area (Å²) >= 11 is 0. The van der Waals surface area contributed by atoms with Crippen molar-refractivity contribution in [2.24, 2.45) is 5.41 Å². The van der Waals surface area contributed by atoms with E-state index in [1.165, 1.54) is 18.4 Å². The fourth-order valence-corrected chi connectivity index (χ4v) is 2.50. The number of hydrogen-bond donors (Lipinski definition) is 1. The van der Waals surface area contributed by atoms with Crippen LogP contribution < -0.4 is 0 Å². The Morgan fingerprint density at radius 2 is 2.14 bits per heavy atom. The van der Waals surface area contributed by atoms with Gasteiger partial charge in [-0.2, -0.15) is 0 Å². The first-order chi connectivity index (χ1) is 6.63. The third-order valence-corrected chi connectivity index (χ3v) is 3.62. The van der Waals surface area contributed by atoms with Gasteiger partial charge in [-0.15, -0.1) is 6.58 Å². The van der Waals surface area contributed by atoms with Crippen LogP contribution in [0.5, 0.6) is 0 Å². The topological polar surface area (TPSA) is 20.2 Å². The molecule has 1 aliphatic rings. The summed E-state index contributed by atoms with van der Waals surface area (Å²) in [4.78, 5) is 0. The highest BCUT2D eigenvalue weighted by atomic mass is 16.3. The Morgan fingerprint density at radius 1 is 1.43 bits per heavy atom. The molecule has 1 atom stereocenters. The molecular formula is C13H22O. The van der Waals surface area contributed by atoms with Gasteiger partial charge in [-0.05, 0) is 51.4 Å². The van der Waals surface area contributed by atoms with Gasteiger partial charge in [-0.3, -0.25) is 0 Å². The molecule has 0 aromatic carbocycles. The summed E-state index contributed by atoms with van der Waals surface area (Å²) < 4.78 is 0. The maximum atomic E-state index is 9.11. The molecule has 0 aromatic heterocycles. The van der Waals surface area contributed by atoms with Gasteiger partial charge in [-0.25, -0.2) is 0 Å². The Balaban J connectivity index is 2.76. The molecule has 0 heterocycles. The van der Waals surface area contributed by atoms with Crippen LogP contribution in [-0.4, -0.2) is 11.7 Å². The Bertz CT molecular complexity index is 240. The summed E-state index contributed by atoms with van der Waals surface area (Å²) in [5.74, 6) is 0. The lowest BCUT2D eigenvalue weighted by molar-refractivity contribution is 0.162. The number of aliphatic hydroxyl groups is 1. The molecule has 0 amide bonds. The molecule has 0 unspecified atom stereocenters. The summed E-state index contributed by atoms with van der Waals surface area (Å²) in [6, 6.07) is 0. The zero-order valence-electron chi connectivity index (χ0n) is 9.47. The minimum Gasteiger partial charge on any atom is -0.396 e. The first-order valence-corrected chi connectivity index (χ1v) is 5.50. The maximum Gasteiger partial charge on any atom is 0.0436 e. The van der Waals surface area contributed by atoms with Crippen molar-refractivity contribution in [3.8, 4) is 0 Å². The van der Waals surface area contributed by atoms with E-state index in [1.807, 2.05) is 6.08 Å². The molecule has 0 spiro atoms. The van der Waals surface area contributed by atoms with Crippen LogP contribution in [-0.2, 0) is 0 Å². The second kappa shape index (κ2) is 4.79. The van der Waals surface area contributed by atoms with Gasteiger partial charge in [0.05, 0.1) is 0 Å². The van der Waals surface area contributed by atoms with Crippen molar-refractivity contribution >= 4 is 0 Å². The second-order valence-electron chi connectivity index (χ2n) is 4.70. The molecule has 0 aliphatic heterocycles.